The molecule has 1 N–H and O–H groups in total. The van der Waals surface area contributed by atoms with Gasteiger partial charge in [0.25, 0.3) is 5.91 Å². The SMILES string of the molecule is C[C@@](NC(=O)C(F)F)(c1ccc(F)c(F)c1)c1ccc(CN2CCC(c3ccc(F)nc3)CC2)cn1. The molecule has 0 aliphatic carbocycles. The van der Waals surface area contributed by atoms with Crippen LogP contribution in [0.15, 0.2) is 54.9 Å². The highest BCUT2D eigenvalue weighted by molar-refractivity contribution is 5.80. The van der Waals surface area contributed by atoms with Crippen molar-refractivity contribution in [3.63, 3.8) is 0 Å². The summed E-state index contributed by atoms with van der Waals surface area (Å²) >= 11 is 0. The highest BCUT2D eigenvalue weighted by Crippen LogP contribution is 2.31. The number of nitrogens with one attached hydrogen (secondary N) is 1. The van der Waals surface area contributed by atoms with Crippen LogP contribution in [0.3, 0.4) is 0 Å². The van der Waals surface area contributed by atoms with E-state index in [0.717, 1.165) is 49.2 Å². The highest BCUT2D eigenvalue weighted by Gasteiger charge is 2.35. The van der Waals surface area contributed by atoms with E-state index in [1.807, 2.05) is 0 Å². The Morgan fingerprint density at radius 3 is 2.36 bits per heavy atom. The second kappa shape index (κ2) is 10.7. The molecule has 1 fully saturated rings. The smallest absolute Gasteiger partial charge is 0.315 e. The number of nitrogens with zero attached hydrogens (tertiary/aromatic N) is 3. The van der Waals surface area contributed by atoms with Crippen molar-refractivity contribution in [2.45, 2.75) is 44.2 Å². The minimum atomic E-state index is -3.29. The topological polar surface area (TPSA) is 58.1 Å². The van der Waals surface area contributed by atoms with E-state index in [4.69, 9.17) is 0 Å². The van der Waals surface area contributed by atoms with E-state index in [1.165, 1.54) is 19.1 Å². The zero-order valence-corrected chi connectivity index (χ0v) is 19.5. The van der Waals surface area contributed by atoms with Gasteiger partial charge in [0.1, 0.15) is 5.54 Å². The van der Waals surface area contributed by atoms with Crippen LogP contribution in [-0.2, 0) is 16.9 Å². The predicted molar refractivity (Wildman–Crippen MR) is 123 cm³/mol. The first-order chi connectivity index (χ1) is 17.2. The molecule has 1 saturated heterocycles. The van der Waals surface area contributed by atoms with Crippen LogP contribution < -0.4 is 5.32 Å². The average Bonchev–Trinajstić information content (AvgIpc) is 2.87. The summed E-state index contributed by atoms with van der Waals surface area (Å²) in [5.74, 6) is -4.00. The van der Waals surface area contributed by atoms with Gasteiger partial charge in [-0.15, -0.1) is 0 Å². The number of carbonyl (C=O) groups is 1. The number of hydrogen-bond donors (Lipinski definition) is 1. The van der Waals surface area contributed by atoms with E-state index in [-0.39, 0.29) is 11.3 Å². The van der Waals surface area contributed by atoms with Gasteiger partial charge in [0.2, 0.25) is 5.95 Å². The number of pyridine rings is 2. The number of halogens is 5. The molecule has 0 radical (unpaired) electrons. The molecule has 1 aliphatic rings. The Labute approximate surface area is 205 Å². The molecule has 3 aromatic rings. The van der Waals surface area contributed by atoms with Crippen molar-refractivity contribution < 1.29 is 26.7 Å². The van der Waals surface area contributed by atoms with Gasteiger partial charge in [0.15, 0.2) is 11.6 Å². The molecule has 190 valence electrons. The molecule has 1 atom stereocenters. The highest BCUT2D eigenvalue weighted by atomic mass is 19.3. The first kappa shape index (κ1) is 25.7. The number of amides is 1. The zero-order valence-electron chi connectivity index (χ0n) is 19.5. The van der Waals surface area contributed by atoms with Crippen LogP contribution in [0.1, 0.15) is 48.1 Å². The summed E-state index contributed by atoms with van der Waals surface area (Å²) in [6.07, 6.45) is 1.66. The quantitative estimate of drug-likeness (QED) is 0.367. The Bertz CT molecular complexity index is 1200. The molecule has 0 saturated carbocycles. The van der Waals surface area contributed by atoms with Gasteiger partial charge in [0, 0.05) is 18.9 Å². The first-order valence-electron chi connectivity index (χ1n) is 11.5. The minimum Gasteiger partial charge on any atom is -0.336 e. The second-order valence-electron chi connectivity index (χ2n) is 9.06. The summed E-state index contributed by atoms with van der Waals surface area (Å²) in [4.78, 5) is 22.2. The summed E-state index contributed by atoms with van der Waals surface area (Å²) in [6, 6.07) is 9.44. The number of carbonyl (C=O) groups excluding carboxylic acids is 1. The molecule has 0 bridgehead atoms. The number of aromatic nitrogens is 2. The number of alkyl halides is 2. The number of likely N-dealkylation sites (tertiary alicyclic amines) is 1. The maximum atomic E-state index is 13.9. The molecule has 3 heterocycles. The molecule has 1 aliphatic heterocycles. The molecule has 1 aromatic carbocycles. The molecule has 36 heavy (non-hydrogen) atoms. The van der Waals surface area contributed by atoms with E-state index in [2.05, 4.69) is 20.2 Å². The van der Waals surface area contributed by atoms with Gasteiger partial charge in [-0.1, -0.05) is 18.2 Å². The van der Waals surface area contributed by atoms with Crippen LogP contribution in [0, 0.1) is 17.6 Å². The Morgan fingerprint density at radius 1 is 1.03 bits per heavy atom. The number of hydrogen-bond acceptors (Lipinski definition) is 4. The Kier molecular flexibility index (Phi) is 7.63. The van der Waals surface area contributed by atoms with Crippen molar-refractivity contribution in [1.82, 2.24) is 20.2 Å². The van der Waals surface area contributed by atoms with Gasteiger partial charge in [-0.05, 0) is 79.7 Å². The maximum absolute atomic E-state index is 13.9. The van der Waals surface area contributed by atoms with Crippen molar-refractivity contribution >= 4 is 5.91 Å². The van der Waals surface area contributed by atoms with Crippen LogP contribution in [0.2, 0.25) is 0 Å². The predicted octanol–water partition coefficient (Wildman–Crippen LogP) is 4.92. The Morgan fingerprint density at radius 2 is 1.78 bits per heavy atom. The molecule has 4 rings (SSSR count). The Hall–Kier alpha value is -3.40. The lowest BCUT2D eigenvalue weighted by molar-refractivity contribution is -0.133. The van der Waals surface area contributed by atoms with E-state index < -0.39 is 35.5 Å². The van der Waals surface area contributed by atoms with Crippen molar-refractivity contribution in [3.8, 4) is 0 Å². The third-order valence-electron chi connectivity index (χ3n) is 6.62. The van der Waals surface area contributed by atoms with Crippen LogP contribution in [0.5, 0.6) is 0 Å². The van der Waals surface area contributed by atoms with E-state index in [9.17, 15) is 26.7 Å². The summed E-state index contributed by atoms with van der Waals surface area (Å²) in [5.41, 5.74) is 0.557. The zero-order chi connectivity index (χ0) is 25.9. The number of piperidine rings is 1. The molecule has 1 amide bonds. The third-order valence-corrected chi connectivity index (χ3v) is 6.62. The average molecular weight is 505 g/mol. The first-order valence-corrected chi connectivity index (χ1v) is 11.5. The fourth-order valence-corrected chi connectivity index (χ4v) is 4.52. The second-order valence-corrected chi connectivity index (χ2v) is 9.06. The molecule has 0 spiro atoms. The van der Waals surface area contributed by atoms with Crippen LogP contribution in [0.4, 0.5) is 22.0 Å². The summed E-state index contributed by atoms with van der Waals surface area (Å²) in [7, 11) is 0. The molecule has 0 unspecified atom stereocenters. The van der Waals surface area contributed by atoms with Crippen molar-refractivity contribution in [1.29, 1.82) is 0 Å². The molecule has 5 nitrogen and oxygen atoms in total. The summed E-state index contributed by atoms with van der Waals surface area (Å²) in [6.45, 7) is 3.66. The van der Waals surface area contributed by atoms with Crippen LogP contribution in [-0.4, -0.2) is 40.3 Å². The maximum Gasteiger partial charge on any atom is 0.315 e. The lowest BCUT2D eigenvalue weighted by Gasteiger charge is -2.33. The number of benzene rings is 1. The van der Waals surface area contributed by atoms with Crippen molar-refractivity contribution in [2.24, 2.45) is 0 Å². The summed E-state index contributed by atoms with van der Waals surface area (Å²) < 4.78 is 66.5. The van der Waals surface area contributed by atoms with Gasteiger partial charge >= 0.3 is 6.43 Å². The minimum absolute atomic E-state index is 0.0769. The third kappa shape index (κ3) is 5.70. The summed E-state index contributed by atoms with van der Waals surface area (Å²) in [5, 5.41) is 2.22. The van der Waals surface area contributed by atoms with Gasteiger partial charge in [-0.25, -0.2) is 13.8 Å². The van der Waals surface area contributed by atoms with Crippen molar-refractivity contribution in [2.75, 3.05) is 13.1 Å². The molecule has 10 heteroatoms. The van der Waals surface area contributed by atoms with Crippen molar-refractivity contribution in [3.05, 3.63) is 94.8 Å². The van der Waals surface area contributed by atoms with E-state index in [1.54, 1.807) is 30.6 Å². The van der Waals surface area contributed by atoms with Gasteiger partial charge < -0.3 is 5.32 Å². The Balaban J connectivity index is 1.47. The molecular weight excluding hydrogens is 479 g/mol. The lowest BCUT2D eigenvalue weighted by Crippen LogP contribution is -2.47. The van der Waals surface area contributed by atoms with Gasteiger partial charge in [-0.2, -0.15) is 13.2 Å². The fourth-order valence-electron chi connectivity index (χ4n) is 4.52. The normalized spacial score (nSPS) is 16.6. The number of rotatable bonds is 7. The molecule has 2 aromatic heterocycles. The largest absolute Gasteiger partial charge is 0.336 e. The molecular formula is C26H25F5N4O. The van der Waals surface area contributed by atoms with Crippen LogP contribution >= 0.6 is 0 Å². The lowest BCUT2D eigenvalue weighted by atomic mass is 9.87. The van der Waals surface area contributed by atoms with Crippen LogP contribution in [0.25, 0.3) is 0 Å². The monoisotopic (exact) mass is 504 g/mol. The fraction of sp³-hybridized carbons (Fsp3) is 0.346. The standard InChI is InChI=1S/C26H25F5N4O/c1-26(34-25(36)24(30)31,19-4-5-20(27)21(28)12-19)22-6-2-16(13-32-22)15-35-10-8-17(9-11-35)18-3-7-23(29)33-14-18/h2-7,12-14,17,24H,8-11,15H2,1H3,(H,34,36)/t26-/m1/s1. The van der Waals surface area contributed by atoms with E-state index in [0.29, 0.717) is 12.5 Å². The van der Waals surface area contributed by atoms with Gasteiger partial charge in [0.05, 0.1) is 5.69 Å². The van der Waals surface area contributed by atoms with Gasteiger partial charge in [-0.3, -0.25) is 14.7 Å². The van der Waals surface area contributed by atoms with E-state index >= 15 is 0 Å².